The Morgan fingerprint density at radius 1 is 0.923 bits per heavy atom. The first-order valence-corrected chi connectivity index (χ1v) is 7.70. The first-order chi connectivity index (χ1) is 12.5. The lowest BCUT2D eigenvalue weighted by Crippen LogP contribution is -2.04. The molecule has 2 aromatic carbocycles. The lowest BCUT2D eigenvalue weighted by molar-refractivity contribution is 0.471. The van der Waals surface area contributed by atoms with Gasteiger partial charge in [0.25, 0.3) is 0 Å². The highest BCUT2D eigenvalue weighted by molar-refractivity contribution is 5.89. The second-order valence-corrected chi connectivity index (χ2v) is 5.70. The van der Waals surface area contributed by atoms with E-state index >= 15 is 0 Å². The maximum atomic E-state index is 13.4. The van der Waals surface area contributed by atoms with Gasteiger partial charge in [0.15, 0.2) is 0 Å². The first-order valence-electron chi connectivity index (χ1n) is 7.70. The van der Waals surface area contributed by atoms with Crippen molar-refractivity contribution in [1.29, 1.82) is 0 Å². The highest BCUT2D eigenvalue weighted by atomic mass is 19.1. The third-order valence-corrected chi connectivity index (χ3v) is 4.00. The minimum atomic E-state index is -0.724. The molecule has 0 aliphatic heterocycles. The number of aromatic hydroxyl groups is 1. The first kappa shape index (κ1) is 16.0. The van der Waals surface area contributed by atoms with Gasteiger partial charge in [0.05, 0.1) is 11.1 Å². The van der Waals surface area contributed by atoms with Crippen LogP contribution in [0.15, 0.2) is 70.0 Å². The summed E-state index contributed by atoms with van der Waals surface area (Å²) in [5.41, 5.74) is 0.459. The number of para-hydroxylation sites is 1. The van der Waals surface area contributed by atoms with Gasteiger partial charge in [0.2, 0.25) is 0 Å². The van der Waals surface area contributed by atoms with Crippen molar-refractivity contribution < 1.29 is 18.3 Å². The van der Waals surface area contributed by atoms with Crippen molar-refractivity contribution >= 4 is 11.0 Å². The smallest absolute Gasteiger partial charge is 0.349 e. The van der Waals surface area contributed by atoms with Gasteiger partial charge in [0.1, 0.15) is 28.5 Å². The van der Waals surface area contributed by atoms with Crippen molar-refractivity contribution in [3.63, 3.8) is 0 Å². The van der Waals surface area contributed by atoms with Crippen LogP contribution in [0, 0.1) is 11.6 Å². The van der Waals surface area contributed by atoms with Gasteiger partial charge in [-0.2, -0.15) is 0 Å². The van der Waals surface area contributed by atoms with E-state index in [0.29, 0.717) is 16.5 Å². The molecule has 4 aromatic rings. The lowest BCUT2D eigenvalue weighted by atomic mass is 10.0. The molecule has 0 fully saturated rings. The number of nitrogens with zero attached hydrogens (tertiary/aromatic N) is 1. The number of halogens is 2. The largest absolute Gasteiger partial charge is 0.506 e. The highest BCUT2D eigenvalue weighted by Gasteiger charge is 2.17. The highest BCUT2D eigenvalue weighted by Crippen LogP contribution is 2.32. The van der Waals surface area contributed by atoms with Crippen molar-refractivity contribution in [3.05, 3.63) is 82.8 Å². The van der Waals surface area contributed by atoms with E-state index in [9.17, 15) is 18.7 Å². The molecule has 0 amide bonds. The van der Waals surface area contributed by atoms with Gasteiger partial charge >= 0.3 is 5.63 Å². The zero-order chi connectivity index (χ0) is 18.3. The fourth-order valence-electron chi connectivity index (χ4n) is 2.79. The Balaban J connectivity index is 1.83. The van der Waals surface area contributed by atoms with Gasteiger partial charge in [-0.05, 0) is 35.9 Å². The molecular weight excluding hydrogens is 340 g/mol. The fourth-order valence-corrected chi connectivity index (χ4v) is 2.79. The van der Waals surface area contributed by atoms with E-state index in [0.717, 1.165) is 6.07 Å². The SMILES string of the molecule is O=c1oc2ccccc2c(O)c1-c1ccc(-c2cc(F)cc(F)c2)cn1. The second-order valence-electron chi connectivity index (χ2n) is 5.70. The van der Waals surface area contributed by atoms with Crippen LogP contribution in [0.2, 0.25) is 0 Å². The van der Waals surface area contributed by atoms with Crippen LogP contribution in [0.4, 0.5) is 8.78 Å². The Bertz CT molecular complexity index is 1160. The molecule has 1 N–H and O–H groups in total. The normalized spacial score (nSPS) is 11.0. The summed E-state index contributed by atoms with van der Waals surface area (Å²) in [5, 5.41) is 10.8. The summed E-state index contributed by atoms with van der Waals surface area (Å²) in [7, 11) is 0. The molecule has 2 aromatic heterocycles. The zero-order valence-electron chi connectivity index (χ0n) is 13.2. The molecule has 0 unspecified atom stereocenters. The molecule has 0 radical (unpaired) electrons. The average molecular weight is 351 g/mol. The second kappa shape index (κ2) is 6.07. The van der Waals surface area contributed by atoms with Crippen molar-refractivity contribution in [3.8, 4) is 28.1 Å². The third kappa shape index (κ3) is 2.71. The van der Waals surface area contributed by atoms with E-state index < -0.39 is 17.3 Å². The number of rotatable bonds is 2. The maximum absolute atomic E-state index is 13.4. The Morgan fingerprint density at radius 3 is 2.35 bits per heavy atom. The fraction of sp³-hybridized carbons (Fsp3) is 0. The van der Waals surface area contributed by atoms with E-state index in [1.54, 1.807) is 30.3 Å². The number of hydrogen-bond acceptors (Lipinski definition) is 4. The van der Waals surface area contributed by atoms with E-state index in [2.05, 4.69) is 4.98 Å². The maximum Gasteiger partial charge on any atom is 0.349 e. The van der Waals surface area contributed by atoms with Gasteiger partial charge in [-0.25, -0.2) is 13.6 Å². The molecule has 0 atom stereocenters. The Kier molecular flexibility index (Phi) is 3.73. The predicted octanol–water partition coefficient (Wildman–Crippen LogP) is 4.51. The van der Waals surface area contributed by atoms with Crippen molar-refractivity contribution in [1.82, 2.24) is 4.98 Å². The van der Waals surface area contributed by atoms with Crippen LogP contribution in [0.3, 0.4) is 0 Å². The zero-order valence-corrected chi connectivity index (χ0v) is 13.2. The predicted molar refractivity (Wildman–Crippen MR) is 92.7 cm³/mol. The molecule has 2 heterocycles. The monoisotopic (exact) mass is 351 g/mol. The molecule has 128 valence electrons. The molecule has 0 saturated carbocycles. The van der Waals surface area contributed by atoms with Crippen molar-refractivity contribution in [2.45, 2.75) is 0 Å². The van der Waals surface area contributed by atoms with Crippen LogP contribution >= 0.6 is 0 Å². The number of hydrogen-bond donors (Lipinski definition) is 1. The van der Waals surface area contributed by atoms with Crippen LogP contribution < -0.4 is 5.63 Å². The van der Waals surface area contributed by atoms with Crippen LogP contribution in [0.5, 0.6) is 5.75 Å². The van der Waals surface area contributed by atoms with Crippen LogP contribution in [0.25, 0.3) is 33.4 Å². The summed E-state index contributed by atoms with van der Waals surface area (Å²) in [6.07, 6.45) is 1.37. The molecule has 0 saturated heterocycles. The number of benzene rings is 2. The molecule has 0 spiro atoms. The standard InChI is InChI=1S/C20H11F2NO3/c21-13-7-12(8-14(22)9-13)11-5-6-16(23-10-11)18-19(24)15-3-1-2-4-17(15)26-20(18)25/h1-10,24H. The average Bonchev–Trinajstić information content (AvgIpc) is 2.61. The Morgan fingerprint density at radius 2 is 1.65 bits per heavy atom. The summed E-state index contributed by atoms with van der Waals surface area (Å²) in [6, 6.07) is 12.8. The van der Waals surface area contributed by atoms with E-state index in [1.807, 2.05) is 0 Å². The molecule has 4 rings (SSSR count). The molecule has 0 bridgehead atoms. The summed E-state index contributed by atoms with van der Waals surface area (Å²) >= 11 is 0. The molecule has 0 aliphatic rings. The van der Waals surface area contributed by atoms with Gasteiger partial charge < -0.3 is 9.52 Å². The van der Waals surface area contributed by atoms with E-state index in [4.69, 9.17) is 4.42 Å². The van der Waals surface area contributed by atoms with Gasteiger partial charge in [0, 0.05) is 17.8 Å². The number of fused-ring (bicyclic) bond motifs is 1. The Hall–Kier alpha value is -3.54. The molecule has 0 aliphatic carbocycles. The topological polar surface area (TPSA) is 63.3 Å². The third-order valence-electron chi connectivity index (χ3n) is 4.00. The minimum Gasteiger partial charge on any atom is -0.506 e. The van der Waals surface area contributed by atoms with Gasteiger partial charge in [-0.1, -0.05) is 18.2 Å². The summed E-state index contributed by atoms with van der Waals surface area (Å²) in [5.74, 6) is -1.62. The van der Waals surface area contributed by atoms with Gasteiger partial charge in [-0.3, -0.25) is 4.98 Å². The van der Waals surface area contributed by atoms with Crippen LogP contribution in [0.1, 0.15) is 0 Å². The molecule has 4 nitrogen and oxygen atoms in total. The van der Waals surface area contributed by atoms with Crippen LogP contribution in [-0.2, 0) is 0 Å². The summed E-state index contributed by atoms with van der Waals surface area (Å²) < 4.78 is 31.9. The van der Waals surface area contributed by atoms with E-state index in [1.165, 1.54) is 24.4 Å². The van der Waals surface area contributed by atoms with Crippen molar-refractivity contribution in [2.24, 2.45) is 0 Å². The van der Waals surface area contributed by atoms with Gasteiger partial charge in [-0.15, -0.1) is 0 Å². The van der Waals surface area contributed by atoms with E-state index in [-0.39, 0.29) is 22.6 Å². The molecule has 6 heteroatoms. The number of aromatic nitrogens is 1. The molecular formula is C20H11F2NO3. The minimum absolute atomic E-state index is 0.0688. The van der Waals surface area contributed by atoms with Crippen LogP contribution in [-0.4, -0.2) is 10.1 Å². The summed E-state index contributed by atoms with van der Waals surface area (Å²) in [6.45, 7) is 0. The molecule has 26 heavy (non-hydrogen) atoms. The summed E-state index contributed by atoms with van der Waals surface area (Å²) in [4.78, 5) is 16.4. The quantitative estimate of drug-likeness (QED) is 0.540. The number of pyridine rings is 1. The van der Waals surface area contributed by atoms with Crippen molar-refractivity contribution in [2.75, 3.05) is 0 Å². The Labute approximate surface area is 146 Å². The lowest BCUT2D eigenvalue weighted by Gasteiger charge is -2.07.